The van der Waals surface area contributed by atoms with Crippen LogP contribution in [0.5, 0.6) is 0 Å². The number of rotatable bonds is 2. The fourth-order valence-corrected chi connectivity index (χ4v) is 11.7. The van der Waals surface area contributed by atoms with E-state index in [4.69, 9.17) is 4.98 Å². The van der Waals surface area contributed by atoms with Gasteiger partial charge in [-0.2, -0.15) is 0 Å². The monoisotopic (exact) mass is 893 g/mol. The fourth-order valence-electron chi connectivity index (χ4n) is 11.7. The van der Waals surface area contributed by atoms with Crippen LogP contribution in [0.4, 0.5) is 34.1 Å². The summed E-state index contributed by atoms with van der Waals surface area (Å²) >= 11 is 0. The molecule has 344 valence electrons. The Balaban J connectivity index is 1.43. The van der Waals surface area contributed by atoms with Gasteiger partial charge in [0.15, 0.2) is 0 Å². The lowest BCUT2D eigenvalue weighted by molar-refractivity contribution is 0.589. The molecule has 0 aliphatic carbocycles. The third-order valence-electron chi connectivity index (χ3n) is 15.6. The normalized spacial score (nSPS) is 14.5. The van der Waals surface area contributed by atoms with Gasteiger partial charge in [0.25, 0.3) is 6.71 Å². The number of aryl methyl sites for hydroxylation is 2. The molecule has 68 heavy (non-hydrogen) atoms. The largest absolute Gasteiger partial charge is 0.311 e. The first-order valence-corrected chi connectivity index (χ1v) is 25.0. The van der Waals surface area contributed by atoms with Gasteiger partial charge in [0, 0.05) is 39.1 Å². The van der Waals surface area contributed by atoms with Crippen LogP contribution in [0, 0.1) is 13.8 Å². The minimum absolute atomic E-state index is 0.000681. The van der Waals surface area contributed by atoms with Crippen LogP contribution in [0.15, 0.2) is 109 Å². The van der Waals surface area contributed by atoms with Crippen molar-refractivity contribution < 1.29 is 0 Å². The molecule has 9 aromatic rings. The number of aromatic nitrogens is 2. The molecule has 11 rings (SSSR count). The van der Waals surface area contributed by atoms with Crippen molar-refractivity contribution in [2.24, 2.45) is 0 Å². The van der Waals surface area contributed by atoms with Crippen LogP contribution < -0.4 is 26.2 Å². The number of pyridine rings is 1. The fraction of sp³-hybridized carbons (Fsp3) is 0.349. The number of nitrogens with zero attached hydrogens (tertiary/aromatic N) is 4. The van der Waals surface area contributed by atoms with E-state index < -0.39 is 0 Å². The molecule has 3 aromatic heterocycles. The number of anilines is 6. The molecule has 0 saturated carbocycles. The van der Waals surface area contributed by atoms with Gasteiger partial charge < -0.3 is 14.2 Å². The second kappa shape index (κ2) is 14.3. The van der Waals surface area contributed by atoms with Gasteiger partial charge in [-0.1, -0.05) is 152 Å². The maximum Gasteiger partial charge on any atom is 0.252 e. The number of hydrogen-bond donors (Lipinski definition) is 0. The number of hydrogen-bond acceptors (Lipinski definition) is 3. The van der Waals surface area contributed by atoms with Gasteiger partial charge in [0.05, 0.1) is 45.5 Å². The summed E-state index contributed by atoms with van der Waals surface area (Å²) in [5.74, 6) is 0. The molecule has 0 fully saturated rings. The summed E-state index contributed by atoms with van der Waals surface area (Å²) in [6, 6.07) is 38.7. The quantitative estimate of drug-likeness (QED) is 0.162. The van der Waals surface area contributed by atoms with E-state index >= 15 is 0 Å². The summed E-state index contributed by atoms with van der Waals surface area (Å²) in [6.07, 6.45) is 4.18. The highest BCUT2D eigenvalue weighted by Crippen LogP contribution is 2.56. The van der Waals surface area contributed by atoms with Crippen molar-refractivity contribution in [2.75, 3.05) is 9.80 Å². The van der Waals surface area contributed by atoms with Crippen LogP contribution in [0.3, 0.4) is 0 Å². The first-order chi connectivity index (χ1) is 31.7. The van der Waals surface area contributed by atoms with E-state index in [1.165, 1.54) is 122 Å². The Labute approximate surface area is 405 Å². The first kappa shape index (κ1) is 44.4. The van der Waals surface area contributed by atoms with Crippen molar-refractivity contribution in [1.29, 1.82) is 0 Å². The molecule has 0 unspecified atom stereocenters. The summed E-state index contributed by atoms with van der Waals surface area (Å²) in [5, 5.41) is 5.23. The minimum Gasteiger partial charge on any atom is -0.311 e. The summed E-state index contributed by atoms with van der Waals surface area (Å²) < 4.78 is 2.62. The molecular formula is C63H69BN4. The van der Waals surface area contributed by atoms with Gasteiger partial charge in [-0.25, -0.2) is 0 Å². The zero-order chi connectivity index (χ0) is 48.5. The van der Waals surface area contributed by atoms with Crippen molar-refractivity contribution in [3.05, 3.63) is 148 Å². The highest BCUT2D eigenvalue weighted by molar-refractivity contribution is 7.01. The second-order valence-corrected chi connectivity index (χ2v) is 25.6. The van der Waals surface area contributed by atoms with Gasteiger partial charge in [0.2, 0.25) is 0 Å². The topological polar surface area (TPSA) is 23.8 Å². The van der Waals surface area contributed by atoms with Crippen molar-refractivity contribution in [3.63, 3.8) is 0 Å². The van der Waals surface area contributed by atoms with Crippen LogP contribution in [0.1, 0.15) is 143 Å². The molecule has 0 spiro atoms. The SMILES string of the molecule is Cc1cc(C(C)(C)C)cc(C)c1N1c2cnccc2B2c3cc(C(C)(C)C)ccc3N(c3ccc(C(C)(C)C)cc3)c3c2c1c1c2cc(C(C)(C)C)ccc2n2c4ccc(C(C)(C)C)cc4c3c12. The molecule has 2 aliphatic rings. The van der Waals surface area contributed by atoms with E-state index in [-0.39, 0.29) is 33.8 Å². The smallest absolute Gasteiger partial charge is 0.252 e. The average Bonchev–Trinajstić information content (AvgIpc) is 3.77. The Kier molecular flexibility index (Phi) is 9.31. The summed E-state index contributed by atoms with van der Waals surface area (Å²) in [7, 11) is 0. The number of fused-ring (bicyclic) bond motifs is 12. The highest BCUT2D eigenvalue weighted by Gasteiger charge is 2.47. The molecule has 0 atom stereocenters. The lowest BCUT2D eigenvalue weighted by Gasteiger charge is -2.45. The zero-order valence-corrected chi connectivity index (χ0v) is 43.8. The van der Waals surface area contributed by atoms with Crippen LogP contribution in [0.2, 0.25) is 0 Å². The zero-order valence-electron chi connectivity index (χ0n) is 43.8. The molecule has 0 amide bonds. The predicted molar refractivity (Wildman–Crippen MR) is 296 cm³/mol. The van der Waals surface area contributed by atoms with Crippen LogP contribution in [-0.4, -0.2) is 16.1 Å². The van der Waals surface area contributed by atoms with Crippen molar-refractivity contribution in [3.8, 4) is 0 Å². The Hall–Kier alpha value is -6.07. The molecule has 2 aliphatic heterocycles. The molecule has 0 N–H and O–H groups in total. The first-order valence-electron chi connectivity index (χ1n) is 25.0. The summed E-state index contributed by atoms with van der Waals surface area (Å²) in [5.41, 5.74) is 24.2. The predicted octanol–water partition coefficient (Wildman–Crippen LogP) is 15.4. The maximum atomic E-state index is 5.01. The van der Waals surface area contributed by atoms with E-state index in [0.717, 1.165) is 5.69 Å². The van der Waals surface area contributed by atoms with E-state index in [0.29, 0.717) is 0 Å². The van der Waals surface area contributed by atoms with Gasteiger partial charge in [-0.3, -0.25) is 4.98 Å². The standard InChI is InChI=1S/C63H69BN4/c1-36-30-42(63(15,16)17)31-37(2)55(36)68-51-35-65-29-28-46(51)64-47-34-41(62(12,13)14)22-27-50(47)66(43-23-18-38(19-24-43)59(3,4)5)57-52-44-32-39(60(6,7)8)20-25-48(44)67-49-26-21-40(61(9,10)11)33-45(49)53(56(52)67)58(68)54(57)64/h18-35H,1-17H3. The van der Waals surface area contributed by atoms with Crippen molar-refractivity contribution >= 4 is 95.3 Å². The van der Waals surface area contributed by atoms with Crippen LogP contribution in [0.25, 0.3) is 38.1 Å². The number of benzene rings is 6. The molecule has 0 bridgehead atoms. The summed E-state index contributed by atoms with van der Waals surface area (Å²) in [6.45, 7) is 39.7. The van der Waals surface area contributed by atoms with E-state index in [9.17, 15) is 0 Å². The minimum atomic E-state index is -0.0641. The van der Waals surface area contributed by atoms with Crippen molar-refractivity contribution in [1.82, 2.24) is 9.38 Å². The Morgan fingerprint density at radius 2 is 0.897 bits per heavy atom. The lowest BCUT2D eigenvalue weighted by atomic mass is 9.33. The van der Waals surface area contributed by atoms with Gasteiger partial charge in [0.1, 0.15) is 0 Å². The summed E-state index contributed by atoms with van der Waals surface area (Å²) in [4.78, 5) is 10.3. The molecule has 5 heterocycles. The Morgan fingerprint density at radius 3 is 1.41 bits per heavy atom. The highest BCUT2D eigenvalue weighted by atomic mass is 15.2. The third-order valence-corrected chi connectivity index (χ3v) is 15.6. The van der Waals surface area contributed by atoms with Gasteiger partial charge >= 0.3 is 0 Å². The Bertz CT molecular complexity index is 3530. The lowest BCUT2D eigenvalue weighted by Crippen LogP contribution is -2.61. The Morgan fingerprint density at radius 1 is 0.426 bits per heavy atom. The van der Waals surface area contributed by atoms with Crippen molar-refractivity contribution in [2.45, 2.75) is 145 Å². The second-order valence-electron chi connectivity index (χ2n) is 25.6. The molecular weight excluding hydrogens is 824 g/mol. The van der Waals surface area contributed by atoms with E-state index in [1.54, 1.807) is 0 Å². The van der Waals surface area contributed by atoms with Crippen LogP contribution >= 0.6 is 0 Å². The van der Waals surface area contributed by atoms with Gasteiger partial charge in [-0.05, 0) is 145 Å². The maximum absolute atomic E-state index is 5.01. The van der Waals surface area contributed by atoms with Crippen LogP contribution in [-0.2, 0) is 27.1 Å². The molecule has 4 nitrogen and oxygen atoms in total. The van der Waals surface area contributed by atoms with E-state index in [1.807, 2.05) is 6.20 Å². The molecule has 6 aromatic carbocycles. The van der Waals surface area contributed by atoms with Gasteiger partial charge in [-0.15, -0.1) is 0 Å². The molecule has 0 radical (unpaired) electrons. The molecule has 0 saturated heterocycles. The third kappa shape index (κ3) is 6.43. The average molecular weight is 893 g/mol. The van der Waals surface area contributed by atoms with E-state index in [2.05, 4.69) is 235 Å². The molecule has 5 heteroatoms.